The zero-order valence-electron chi connectivity index (χ0n) is 9.36. The van der Waals surface area contributed by atoms with Gasteiger partial charge in [-0.3, -0.25) is 9.97 Å². The van der Waals surface area contributed by atoms with Crippen LogP contribution in [-0.4, -0.2) is 16.5 Å². The van der Waals surface area contributed by atoms with Crippen LogP contribution in [0.3, 0.4) is 0 Å². The molecule has 1 unspecified atom stereocenters. The van der Waals surface area contributed by atoms with E-state index in [4.69, 9.17) is 5.26 Å². The number of nitriles is 1. The SMILES string of the molecule is CC(NCC(C)(C)C#N)c1cnccn1. The van der Waals surface area contributed by atoms with E-state index in [-0.39, 0.29) is 11.5 Å². The summed E-state index contributed by atoms with van der Waals surface area (Å²) in [6.45, 7) is 6.46. The van der Waals surface area contributed by atoms with Crippen LogP contribution in [0.4, 0.5) is 0 Å². The van der Waals surface area contributed by atoms with Crippen molar-refractivity contribution in [1.29, 1.82) is 5.26 Å². The van der Waals surface area contributed by atoms with Crippen LogP contribution in [-0.2, 0) is 0 Å². The van der Waals surface area contributed by atoms with Gasteiger partial charge >= 0.3 is 0 Å². The summed E-state index contributed by atoms with van der Waals surface area (Å²) < 4.78 is 0. The molecule has 1 heterocycles. The first-order valence-electron chi connectivity index (χ1n) is 4.96. The quantitative estimate of drug-likeness (QED) is 0.810. The maximum atomic E-state index is 8.86. The topological polar surface area (TPSA) is 61.6 Å². The first kappa shape index (κ1) is 11.6. The van der Waals surface area contributed by atoms with Crippen LogP contribution >= 0.6 is 0 Å². The van der Waals surface area contributed by atoms with Gasteiger partial charge in [0.25, 0.3) is 0 Å². The minimum atomic E-state index is -0.351. The molecule has 0 aliphatic rings. The number of nitrogens with zero attached hydrogens (tertiary/aromatic N) is 3. The number of hydrogen-bond acceptors (Lipinski definition) is 4. The molecule has 0 spiro atoms. The van der Waals surface area contributed by atoms with Crippen molar-refractivity contribution in [3.05, 3.63) is 24.3 Å². The van der Waals surface area contributed by atoms with Gasteiger partial charge in [0.1, 0.15) is 0 Å². The molecule has 0 aromatic carbocycles. The number of rotatable bonds is 4. The molecule has 4 heteroatoms. The first-order valence-corrected chi connectivity index (χ1v) is 4.96. The molecule has 1 aromatic rings. The molecular weight excluding hydrogens is 188 g/mol. The zero-order chi connectivity index (χ0) is 11.3. The van der Waals surface area contributed by atoms with Crippen molar-refractivity contribution >= 4 is 0 Å². The molecular formula is C11H16N4. The van der Waals surface area contributed by atoms with Gasteiger partial charge in [-0.25, -0.2) is 0 Å². The third-order valence-electron chi connectivity index (χ3n) is 2.18. The molecule has 15 heavy (non-hydrogen) atoms. The minimum Gasteiger partial charge on any atom is -0.307 e. The lowest BCUT2D eigenvalue weighted by atomic mass is 9.95. The summed E-state index contributed by atoms with van der Waals surface area (Å²) >= 11 is 0. The molecule has 1 aromatic heterocycles. The van der Waals surface area contributed by atoms with Gasteiger partial charge in [0.05, 0.1) is 17.2 Å². The van der Waals surface area contributed by atoms with E-state index in [0.29, 0.717) is 6.54 Å². The second-order valence-corrected chi connectivity index (χ2v) is 4.23. The van der Waals surface area contributed by atoms with Gasteiger partial charge in [-0.2, -0.15) is 5.26 Å². The number of hydrogen-bond donors (Lipinski definition) is 1. The van der Waals surface area contributed by atoms with E-state index >= 15 is 0 Å². The number of aromatic nitrogens is 2. The van der Waals surface area contributed by atoms with Gasteiger partial charge in [0, 0.05) is 31.2 Å². The second kappa shape index (κ2) is 4.85. The lowest BCUT2D eigenvalue weighted by Crippen LogP contribution is -2.30. The maximum absolute atomic E-state index is 8.86. The van der Waals surface area contributed by atoms with Crippen LogP contribution in [0.25, 0.3) is 0 Å². The van der Waals surface area contributed by atoms with E-state index in [1.54, 1.807) is 18.6 Å². The predicted molar refractivity (Wildman–Crippen MR) is 57.8 cm³/mol. The fraction of sp³-hybridized carbons (Fsp3) is 0.545. The lowest BCUT2D eigenvalue weighted by Gasteiger charge is -2.19. The highest BCUT2D eigenvalue weighted by atomic mass is 14.9. The standard InChI is InChI=1S/C11H16N4/c1-9(10-6-13-4-5-14-10)15-8-11(2,3)7-12/h4-6,9,15H,8H2,1-3H3. The van der Waals surface area contributed by atoms with E-state index in [1.807, 2.05) is 20.8 Å². The lowest BCUT2D eigenvalue weighted by molar-refractivity contribution is 0.411. The molecule has 0 aliphatic heterocycles. The van der Waals surface area contributed by atoms with Crippen molar-refractivity contribution in [3.8, 4) is 6.07 Å². The Balaban J connectivity index is 2.52. The largest absolute Gasteiger partial charge is 0.307 e. The normalized spacial score (nSPS) is 13.2. The average Bonchev–Trinajstić information content (AvgIpc) is 2.27. The molecule has 0 amide bonds. The van der Waals surface area contributed by atoms with Gasteiger partial charge in [0.15, 0.2) is 0 Å². The molecule has 1 N–H and O–H groups in total. The summed E-state index contributed by atoms with van der Waals surface area (Å²) in [5, 5.41) is 12.1. The average molecular weight is 204 g/mol. The molecule has 0 saturated heterocycles. The van der Waals surface area contributed by atoms with Crippen LogP contribution in [0.2, 0.25) is 0 Å². The Labute approximate surface area is 90.4 Å². The Morgan fingerprint density at radius 1 is 1.53 bits per heavy atom. The Kier molecular flexibility index (Phi) is 3.75. The van der Waals surface area contributed by atoms with Crippen LogP contribution < -0.4 is 5.32 Å². The van der Waals surface area contributed by atoms with Crippen molar-refractivity contribution in [2.75, 3.05) is 6.54 Å². The van der Waals surface area contributed by atoms with E-state index in [2.05, 4.69) is 21.4 Å². The molecule has 0 bridgehead atoms. The highest BCUT2D eigenvalue weighted by molar-refractivity contribution is 5.02. The molecule has 4 nitrogen and oxygen atoms in total. The smallest absolute Gasteiger partial charge is 0.0753 e. The van der Waals surface area contributed by atoms with Gasteiger partial charge in [-0.05, 0) is 20.8 Å². The van der Waals surface area contributed by atoms with Crippen LogP contribution in [0.1, 0.15) is 32.5 Å². The van der Waals surface area contributed by atoms with Crippen molar-refractivity contribution in [3.63, 3.8) is 0 Å². The third-order valence-corrected chi connectivity index (χ3v) is 2.18. The Bertz CT molecular complexity index is 339. The fourth-order valence-electron chi connectivity index (χ4n) is 1.09. The molecule has 80 valence electrons. The van der Waals surface area contributed by atoms with Crippen molar-refractivity contribution in [2.45, 2.75) is 26.8 Å². The third kappa shape index (κ3) is 3.64. The van der Waals surface area contributed by atoms with E-state index < -0.39 is 0 Å². The minimum absolute atomic E-state index is 0.117. The Hall–Kier alpha value is -1.47. The fourth-order valence-corrected chi connectivity index (χ4v) is 1.09. The molecule has 1 rings (SSSR count). The summed E-state index contributed by atoms with van der Waals surface area (Å²) in [6.07, 6.45) is 5.05. The van der Waals surface area contributed by atoms with Crippen LogP contribution in [0.5, 0.6) is 0 Å². The predicted octanol–water partition coefficient (Wildman–Crippen LogP) is 1.68. The van der Waals surface area contributed by atoms with Crippen molar-refractivity contribution in [1.82, 2.24) is 15.3 Å². The van der Waals surface area contributed by atoms with Gasteiger partial charge < -0.3 is 5.32 Å². The molecule has 0 fully saturated rings. The first-order chi connectivity index (χ1) is 7.05. The van der Waals surface area contributed by atoms with Gasteiger partial charge in [0.2, 0.25) is 0 Å². The Morgan fingerprint density at radius 2 is 2.27 bits per heavy atom. The van der Waals surface area contributed by atoms with Crippen LogP contribution in [0.15, 0.2) is 18.6 Å². The maximum Gasteiger partial charge on any atom is 0.0753 e. The summed E-state index contributed by atoms with van der Waals surface area (Å²) in [7, 11) is 0. The van der Waals surface area contributed by atoms with Gasteiger partial charge in [-0.15, -0.1) is 0 Å². The second-order valence-electron chi connectivity index (χ2n) is 4.23. The van der Waals surface area contributed by atoms with Gasteiger partial charge in [-0.1, -0.05) is 0 Å². The van der Waals surface area contributed by atoms with E-state index in [0.717, 1.165) is 5.69 Å². The summed E-state index contributed by atoms with van der Waals surface area (Å²) in [6, 6.07) is 2.37. The summed E-state index contributed by atoms with van der Waals surface area (Å²) in [5.41, 5.74) is 0.544. The van der Waals surface area contributed by atoms with Crippen molar-refractivity contribution in [2.24, 2.45) is 5.41 Å². The summed E-state index contributed by atoms with van der Waals surface area (Å²) in [5.74, 6) is 0. The molecule has 1 atom stereocenters. The van der Waals surface area contributed by atoms with Crippen molar-refractivity contribution < 1.29 is 0 Å². The highest BCUT2D eigenvalue weighted by Gasteiger charge is 2.18. The van der Waals surface area contributed by atoms with E-state index in [1.165, 1.54) is 0 Å². The highest BCUT2D eigenvalue weighted by Crippen LogP contribution is 2.14. The molecule has 0 aliphatic carbocycles. The van der Waals surface area contributed by atoms with Crippen LogP contribution in [0, 0.1) is 16.7 Å². The zero-order valence-corrected chi connectivity index (χ0v) is 9.36. The Morgan fingerprint density at radius 3 is 2.80 bits per heavy atom. The van der Waals surface area contributed by atoms with E-state index in [9.17, 15) is 0 Å². The summed E-state index contributed by atoms with van der Waals surface area (Å²) in [4.78, 5) is 8.20. The number of nitrogens with one attached hydrogen (secondary N) is 1. The monoisotopic (exact) mass is 204 g/mol. The molecule has 0 radical (unpaired) electrons. The molecule has 0 saturated carbocycles.